The van der Waals surface area contributed by atoms with Gasteiger partial charge in [-0.15, -0.1) is 0 Å². The van der Waals surface area contributed by atoms with Crippen molar-refractivity contribution in [2.45, 2.75) is 56.6 Å². The molecule has 0 spiro atoms. The van der Waals surface area contributed by atoms with Crippen molar-refractivity contribution in [3.05, 3.63) is 29.3 Å². The summed E-state index contributed by atoms with van der Waals surface area (Å²) >= 11 is 0. The van der Waals surface area contributed by atoms with E-state index in [2.05, 4.69) is 26.0 Å². The third kappa shape index (κ3) is 2.67. The van der Waals surface area contributed by atoms with Gasteiger partial charge in [0.15, 0.2) is 5.82 Å². The van der Waals surface area contributed by atoms with Crippen LogP contribution in [0.2, 0.25) is 0 Å². The number of nitrogens with one attached hydrogen (secondary N) is 3. The molecule has 0 aromatic carbocycles. The number of aryl methyl sites for hydroxylation is 1. The van der Waals surface area contributed by atoms with Gasteiger partial charge in [0, 0.05) is 41.1 Å². The molecule has 0 radical (unpaired) electrons. The van der Waals surface area contributed by atoms with Gasteiger partial charge in [-0.2, -0.15) is 5.10 Å². The Bertz CT molecular complexity index is 1010. The van der Waals surface area contributed by atoms with Crippen LogP contribution >= 0.6 is 0 Å². The average molecular weight is 397 g/mol. The Morgan fingerprint density at radius 1 is 1.34 bits per heavy atom. The van der Waals surface area contributed by atoms with Crippen LogP contribution in [0.4, 0.5) is 10.6 Å². The quantitative estimate of drug-likeness (QED) is 0.687. The highest BCUT2D eigenvalue weighted by Gasteiger charge is 2.93. The lowest BCUT2D eigenvalue weighted by molar-refractivity contribution is -0.115. The molecule has 3 N–H and O–H groups in total. The smallest absolute Gasteiger partial charge is 0.408 e. The molecule has 9 nitrogen and oxygen atoms in total. The van der Waals surface area contributed by atoms with Crippen LogP contribution in [-0.4, -0.2) is 38.5 Å². The fourth-order valence-corrected chi connectivity index (χ4v) is 5.28. The number of H-pyrrole nitrogens is 1. The van der Waals surface area contributed by atoms with E-state index in [0.29, 0.717) is 35.2 Å². The summed E-state index contributed by atoms with van der Waals surface area (Å²) in [5.74, 6) is 2.64. The normalized spacial score (nSPS) is 34.3. The van der Waals surface area contributed by atoms with Crippen molar-refractivity contribution in [1.29, 1.82) is 0 Å². The predicted octanol–water partition coefficient (Wildman–Crippen LogP) is 2.27. The molecule has 2 bridgehead atoms. The van der Waals surface area contributed by atoms with Crippen molar-refractivity contribution in [3.63, 3.8) is 0 Å². The lowest BCUT2D eigenvalue weighted by Gasteiger charge is -2.20. The zero-order valence-corrected chi connectivity index (χ0v) is 16.3. The molecule has 7 rings (SSSR count). The number of hydrogen-bond donors (Lipinski definition) is 3. The lowest BCUT2D eigenvalue weighted by Crippen LogP contribution is -2.38. The van der Waals surface area contributed by atoms with E-state index in [4.69, 9.17) is 9.26 Å². The Morgan fingerprint density at radius 3 is 2.83 bits per heavy atom. The molecule has 2 aromatic heterocycles. The number of fused-ring (bicyclic) bond motifs is 1. The number of ether oxygens (including phenoxy) is 1. The summed E-state index contributed by atoms with van der Waals surface area (Å²) in [7, 11) is 0. The average Bonchev–Trinajstić information content (AvgIpc) is 3.50. The van der Waals surface area contributed by atoms with Crippen LogP contribution in [0.5, 0.6) is 0 Å². The second-order valence-corrected chi connectivity index (χ2v) is 9.34. The Kier molecular flexibility index (Phi) is 3.17. The molecule has 3 atom stereocenters. The van der Waals surface area contributed by atoms with Crippen molar-refractivity contribution < 1.29 is 18.8 Å². The van der Waals surface area contributed by atoms with Gasteiger partial charge in [-0.3, -0.25) is 9.89 Å². The topological polar surface area (TPSA) is 122 Å². The minimum Gasteiger partial charge on any atom is -0.442 e. The maximum absolute atomic E-state index is 12.2. The van der Waals surface area contributed by atoms with Crippen molar-refractivity contribution in [3.8, 4) is 0 Å². The maximum Gasteiger partial charge on any atom is 0.408 e. The third-order valence-corrected chi connectivity index (χ3v) is 7.06. The summed E-state index contributed by atoms with van der Waals surface area (Å²) in [5, 5.41) is 16.8. The molecular formula is C20H23N5O4. The largest absolute Gasteiger partial charge is 0.442 e. The van der Waals surface area contributed by atoms with Gasteiger partial charge in [0.2, 0.25) is 5.91 Å². The second-order valence-electron chi connectivity index (χ2n) is 9.34. The van der Waals surface area contributed by atoms with Gasteiger partial charge >= 0.3 is 6.09 Å². The van der Waals surface area contributed by atoms with Gasteiger partial charge in [0.05, 0.1) is 12.1 Å². The van der Waals surface area contributed by atoms with Crippen LogP contribution < -0.4 is 10.6 Å². The number of carbonyl (C=O) groups excluding carboxylic acids is 2. The van der Waals surface area contributed by atoms with Crippen LogP contribution in [-0.2, 0) is 16.0 Å². The molecule has 5 aliphatic rings. The number of amides is 2. The number of aromatic amines is 1. The van der Waals surface area contributed by atoms with Gasteiger partial charge in [-0.1, -0.05) is 5.16 Å². The number of carbonyl (C=O) groups is 2. The van der Waals surface area contributed by atoms with Crippen molar-refractivity contribution in [2.24, 2.45) is 17.8 Å². The summed E-state index contributed by atoms with van der Waals surface area (Å²) in [6.07, 6.45) is 2.70. The molecule has 0 aliphatic heterocycles. The maximum atomic E-state index is 12.2. The van der Waals surface area contributed by atoms with Gasteiger partial charge in [-0.25, -0.2) is 4.79 Å². The van der Waals surface area contributed by atoms with E-state index in [1.54, 1.807) is 6.07 Å². The van der Waals surface area contributed by atoms with Gasteiger partial charge in [0.1, 0.15) is 11.4 Å². The number of hydrogen-bond acceptors (Lipinski definition) is 6. The highest BCUT2D eigenvalue weighted by atomic mass is 16.6. The highest BCUT2D eigenvalue weighted by molar-refractivity contribution is 5.91. The first-order chi connectivity index (χ1) is 13.9. The van der Waals surface area contributed by atoms with Crippen LogP contribution in [0.25, 0.3) is 0 Å². The van der Waals surface area contributed by atoms with E-state index in [0.717, 1.165) is 30.7 Å². The van der Waals surface area contributed by atoms with Crippen LogP contribution in [0.1, 0.15) is 49.3 Å². The molecule has 2 heterocycles. The molecule has 5 saturated carbocycles. The lowest BCUT2D eigenvalue weighted by atomic mass is 10.0. The van der Waals surface area contributed by atoms with Gasteiger partial charge < -0.3 is 19.9 Å². The van der Waals surface area contributed by atoms with Gasteiger partial charge in [-0.05, 0) is 39.0 Å². The van der Waals surface area contributed by atoms with E-state index in [-0.39, 0.29) is 29.6 Å². The minimum atomic E-state index is -0.281. The van der Waals surface area contributed by atoms with Crippen molar-refractivity contribution >= 4 is 17.8 Å². The Morgan fingerprint density at radius 2 is 2.14 bits per heavy atom. The molecule has 2 amide bonds. The molecule has 5 aliphatic carbocycles. The molecule has 152 valence electrons. The van der Waals surface area contributed by atoms with Crippen molar-refractivity contribution in [2.75, 3.05) is 5.32 Å². The molecule has 5 fully saturated rings. The second kappa shape index (κ2) is 5.40. The number of nitrogens with zero attached hydrogens (tertiary/aromatic N) is 2. The minimum absolute atomic E-state index is 0.0644. The first-order valence-corrected chi connectivity index (χ1v) is 10.2. The Labute approximate surface area is 166 Å². The number of aromatic nitrogens is 3. The number of anilines is 1. The van der Waals surface area contributed by atoms with E-state index in [1.165, 1.54) is 0 Å². The van der Waals surface area contributed by atoms with Crippen LogP contribution in [0.15, 0.2) is 16.7 Å². The molecule has 0 saturated heterocycles. The first-order valence-electron chi connectivity index (χ1n) is 10.2. The zero-order chi connectivity index (χ0) is 20.0. The van der Waals surface area contributed by atoms with E-state index >= 15 is 0 Å². The molecule has 9 heteroatoms. The van der Waals surface area contributed by atoms with E-state index < -0.39 is 0 Å². The number of rotatable bonds is 6. The SMILES string of the molecule is Cc1cc(CC(=O)Nc2cc(C3CC4(OC(=O)NC5(C)CC5)C5C3C54)[nH]n2)on1. The van der Waals surface area contributed by atoms with E-state index in [1.807, 2.05) is 19.9 Å². The van der Waals surface area contributed by atoms with Crippen LogP contribution in [0, 0.1) is 24.7 Å². The third-order valence-electron chi connectivity index (χ3n) is 7.06. The van der Waals surface area contributed by atoms with Crippen molar-refractivity contribution in [1.82, 2.24) is 20.7 Å². The fraction of sp³-hybridized carbons (Fsp3) is 0.600. The zero-order valence-electron chi connectivity index (χ0n) is 16.3. The summed E-state index contributed by atoms with van der Waals surface area (Å²) in [4.78, 5) is 24.4. The van der Waals surface area contributed by atoms with E-state index in [9.17, 15) is 9.59 Å². The summed E-state index contributed by atoms with van der Waals surface area (Å²) in [5.41, 5.74) is 1.40. The summed E-state index contributed by atoms with van der Waals surface area (Å²) in [6, 6.07) is 3.62. The standard InChI is InChI=1S/C20H23N5O4/c1-9-5-10(29-25-9)6-14(26)21-13-7-12(23-24-13)11-8-20(16-15(11)17(16)20)28-18(27)22-19(2)3-4-19/h5,7,11,15-17H,3-4,6,8H2,1-2H3,(H,22,27)(H2,21,23,24,26). The van der Waals surface area contributed by atoms with Crippen LogP contribution in [0.3, 0.4) is 0 Å². The Hall–Kier alpha value is -2.84. The molecule has 3 unspecified atom stereocenters. The summed E-state index contributed by atoms with van der Waals surface area (Å²) in [6.45, 7) is 3.86. The fourth-order valence-electron chi connectivity index (χ4n) is 5.28. The number of alkyl carbamates (subject to hydrolysis) is 1. The monoisotopic (exact) mass is 397 g/mol. The first kappa shape index (κ1) is 17.1. The molecule has 29 heavy (non-hydrogen) atoms. The predicted molar refractivity (Wildman–Crippen MR) is 100.0 cm³/mol. The molecular weight excluding hydrogens is 374 g/mol. The highest BCUT2D eigenvalue weighted by Crippen LogP contribution is 2.89. The van der Waals surface area contributed by atoms with Gasteiger partial charge in [0.25, 0.3) is 0 Å². The summed E-state index contributed by atoms with van der Waals surface area (Å²) < 4.78 is 10.9. The molecule has 2 aromatic rings. The Balaban J connectivity index is 1.06.